The van der Waals surface area contributed by atoms with Gasteiger partial charge in [-0.3, -0.25) is 0 Å². The van der Waals surface area contributed by atoms with Crippen LogP contribution in [0.3, 0.4) is 0 Å². The van der Waals surface area contributed by atoms with Crippen LogP contribution in [0.1, 0.15) is 52.2 Å². The number of benzene rings is 1. The summed E-state index contributed by atoms with van der Waals surface area (Å²) >= 11 is 0. The maximum absolute atomic E-state index is 9.06. The molecule has 1 aromatic carbocycles. The van der Waals surface area contributed by atoms with Gasteiger partial charge in [0.2, 0.25) is 0 Å². The molecule has 4 rings (SSSR count). The molecule has 2 aromatic heterocycles. The van der Waals surface area contributed by atoms with Gasteiger partial charge in [-0.15, -0.1) is 5.10 Å². The van der Waals surface area contributed by atoms with Gasteiger partial charge in [0.15, 0.2) is 13.0 Å². The van der Waals surface area contributed by atoms with Gasteiger partial charge < -0.3 is 24.1 Å². The van der Waals surface area contributed by atoms with Gasteiger partial charge in [-0.2, -0.15) is 15.0 Å². The Hall–Kier alpha value is -2.31. The minimum Gasteiger partial charge on any atom is -0.491 e. The Kier molecular flexibility index (Phi) is 10.5. The van der Waals surface area contributed by atoms with Crippen LogP contribution in [0, 0.1) is 0 Å². The molecule has 0 radical (unpaired) electrons. The summed E-state index contributed by atoms with van der Waals surface area (Å²) in [7, 11) is -1.15. The highest BCUT2D eigenvalue weighted by Crippen LogP contribution is 2.34. The highest BCUT2D eigenvalue weighted by Gasteiger charge is 2.23. The number of fused-ring (bicyclic) bond motifs is 1. The first kappa shape index (κ1) is 29.7. The Morgan fingerprint density at radius 3 is 2.69 bits per heavy atom. The lowest BCUT2D eigenvalue weighted by Gasteiger charge is -2.23. The zero-order chi connectivity index (χ0) is 27.8. The number of aliphatic hydroxyl groups is 1. The van der Waals surface area contributed by atoms with Crippen molar-refractivity contribution in [3.63, 3.8) is 0 Å². The lowest BCUT2D eigenvalue weighted by molar-refractivity contribution is -0.0365. The third kappa shape index (κ3) is 8.58. The van der Waals surface area contributed by atoms with Gasteiger partial charge in [-0.1, -0.05) is 19.6 Å². The van der Waals surface area contributed by atoms with Crippen molar-refractivity contribution < 1.29 is 24.1 Å². The monoisotopic (exact) mass is 559 g/mol. The Morgan fingerprint density at radius 2 is 1.95 bits per heavy atom. The van der Waals surface area contributed by atoms with Crippen LogP contribution in [0.2, 0.25) is 25.7 Å². The second-order valence-electron chi connectivity index (χ2n) is 11.7. The summed E-state index contributed by atoms with van der Waals surface area (Å²) in [6.45, 7) is 13.5. The smallest absolute Gasteiger partial charge is 0.158 e. The summed E-state index contributed by atoms with van der Waals surface area (Å²) in [6.07, 6.45) is 6.16. The van der Waals surface area contributed by atoms with Crippen molar-refractivity contribution in [2.75, 3.05) is 26.4 Å². The van der Waals surface area contributed by atoms with Crippen molar-refractivity contribution in [3.05, 3.63) is 24.4 Å². The van der Waals surface area contributed by atoms with E-state index >= 15 is 0 Å². The summed E-state index contributed by atoms with van der Waals surface area (Å²) in [5, 5.41) is 24.1. The zero-order valence-corrected chi connectivity index (χ0v) is 25.1. The van der Waals surface area contributed by atoms with Crippen molar-refractivity contribution in [1.82, 2.24) is 24.8 Å². The topological polar surface area (TPSA) is 106 Å². The highest BCUT2D eigenvalue weighted by atomic mass is 28.3. The average Bonchev–Trinajstić information content (AvgIpc) is 3.51. The molecule has 3 atom stereocenters. The van der Waals surface area contributed by atoms with E-state index in [-0.39, 0.29) is 25.0 Å². The predicted octanol–water partition coefficient (Wildman–Crippen LogP) is 5.25. The van der Waals surface area contributed by atoms with Gasteiger partial charge in [0.1, 0.15) is 17.1 Å². The third-order valence-electron chi connectivity index (χ3n) is 6.89. The van der Waals surface area contributed by atoms with Crippen molar-refractivity contribution in [1.29, 1.82) is 0 Å². The standard InChI is InChI=1S/C28H45N5O5Si/c1-21(11-13-34)36-15-12-22(2)38-23-9-10-26-24(18-23)28(31-33(26)27-8-6-7-14-37-27)25-19-29-32(30-25)20-35-16-17-39(3,4)5/h9-10,18-19,21-22,27,34H,6-8,11-17,20H2,1-5H3/t21-,22-,27?/m1/s1. The van der Waals surface area contributed by atoms with Crippen LogP contribution in [-0.2, 0) is 20.9 Å². The van der Waals surface area contributed by atoms with E-state index in [9.17, 15) is 0 Å². The van der Waals surface area contributed by atoms with E-state index in [1.165, 1.54) is 0 Å². The molecule has 1 aliphatic heterocycles. The summed E-state index contributed by atoms with van der Waals surface area (Å²) < 4.78 is 25.9. The van der Waals surface area contributed by atoms with Crippen molar-refractivity contribution in [2.45, 2.75) is 96.8 Å². The molecule has 1 aliphatic rings. The molecule has 11 heteroatoms. The first-order valence-corrected chi connectivity index (χ1v) is 18.0. The summed E-state index contributed by atoms with van der Waals surface area (Å²) in [4.78, 5) is 1.59. The highest BCUT2D eigenvalue weighted by molar-refractivity contribution is 6.76. The Bertz CT molecular complexity index is 1170. The minimum absolute atomic E-state index is 0.0295. The van der Waals surface area contributed by atoms with Crippen LogP contribution >= 0.6 is 0 Å². The van der Waals surface area contributed by atoms with Crippen LogP contribution in [0.5, 0.6) is 5.75 Å². The molecule has 0 amide bonds. The third-order valence-corrected chi connectivity index (χ3v) is 8.59. The number of aliphatic hydroxyl groups excluding tert-OH is 1. The largest absolute Gasteiger partial charge is 0.491 e. The van der Waals surface area contributed by atoms with Crippen LogP contribution in [-0.4, -0.2) is 76.6 Å². The number of hydrogen-bond donors (Lipinski definition) is 1. The molecule has 0 aliphatic carbocycles. The predicted molar refractivity (Wildman–Crippen MR) is 154 cm³/mol. The van der Waals surface area contributed by atoms with E-state index in [0.717, 1.165) is 60.7 Å². The maximum Gasteiger partial charge on any atom is 0.158 e. The normalized spacial score (nSPS) is 17.9. The molecule has 1 fully saturated rings. The van der Waals surface area contributed by atoms with Crippen molar-refractivity contribution in [3.8, 4) is 17.1 Å². The van der Waals surface area contributed by atoms with Gasteiger partial charge in [-0.25, -0.2) is 4.68 Å². The van der Waals surface area contributed by atoms with E-state index in [1.807, 2.05) is 30.7 Å². The van der Waals surface area contributed by atoms with Gasteiger partial charge >= 0.3 is 0 Å². The second-order valence-corrected chi connectivity index (χ2v) is 17.3. The van der Waals surface area contributed by atoms with E-state index < -0.39 is 8.07 Å². The minimum atomic E-state index is -1.15. The first-order chi connectivity index (χ1) is 18.7. The summed E-state index contributed by atoms with van der Waals surface area (Å²) in [5.74, 6) is 0.769. The summed E-state index contributed by atoms with van der Waals surface area (Å²) in [5.41, 5.74) is 2.44. The van der Waals surface area contributed by atoms with E-state index in [4.69, 9.17) is 29.2 Å². The molecule has 0 saturated carbocycles. The Morgan fingerprint density at radius 1 is 1.10 bits per heavy atom. The SMILES string of the molecule is C[C@H](CCO)OCC[C@@H](C)Oc1ccc2c(c1)c(-c1cnn(COCC[Si](C)(C)C)n1)nn2C1CCCCO1. The fraction of sp³-hybridized carbons (Fsp3) is 0.679. The van der Waals surface area contributed by atoms with Crippen molar-refractivity contribution >= 4 is 19.0 Å². The number of hydrogen-bond acceptors (Lipinski definition) is 8. The number of aromatic nitrogens is 5. The molecule has 3 heterocycles. The van der Waals surface area contributed by atoms with Gasteiger partial charge in [0.05, 0.1) is 30.5 Å². The number of nitrogens with zero attached hydrogens (tertiary/aromatic N) is 5. The molecule has 10 nitrogen and oxygen atoms in total. The lowest BCUT2D eigenvalue weighted by atomic mass is 10.1. The van der Waals surface area contributed by atoms with Crippen LogP contribution in [0.15, 0.2) is 24.4 Å². The summed E-state index contributed by atoms with van der Waals surface area (Å²) in [6, 6.07) is 7.18. The molecule has 1 unspecified atom stereocenters. The van der Waals surface area contributed by atoms with E-state index in [2.05, 4.69) is 35.9 Å². The van der Waals surface area contributed by atoms with Gasteiger partial charge in [0.25, 0.3) is 0 Å². The molecule has 0 spiro atoms. The molecule has 1 saturated heterocycles. The maximum atomic E-state index is 9.06. The van der Waals surface area contributed by atoms with Gasteiger partial charge in [-0.05, 0) is 63.8 Å². The molecule has 0 bridgehead atoms. The fourth-order valence-electron chi connectivity index (χ4n) is 4.50. The van der Waals surface area contributed by atoms with E-state index in [1.54, 1.807) is 11.0 Å². The zero-order valence-electron chi connectivity index (χ0n) is 24.1. The van der Waals surface area contributed by atoms with Crippen LogP contribution < -0.4 is 4.74 Å². The van der Waals surface area contributed by atoms with Crippen LogP contribution in [0.25, 0.3) is 22.3 Å². The van der Waals surface area contributed by atoms with Crippen molar-refractivity contribution in [2.24, 2.45) is 0 Å². The lowest BCUT2D eigenvalue weighted by Crippen LogP contribution is -2.22. The van der Waals surface area contributed by atoms with E-state index in [0.29, 0.717) is 32.1 Å². The Balaban J connectivity index is 1.51. The molecule has 216 valence electrons. The Labute approximate surface area is 232 Å². The van der Waals surface area contributed by atoms with Gasteiger partial charge in [0, 0.05) is 39.7 Å². The first-order valence-electron chi connectivity index (χ1n) is 14.2. The molecule has 39 heavy (non-hydrogen) atoms. The number of rotatable bonds is 15. The average molecular weight is 560 g/mol. The number of ether oxygens (including phenoxy) is 4. The molecular weight excluding hydrogens is 514 g/mol. The molecular formula is C28H45N5O5Si. The quantitative estimate of drug-likeness (QED) is 0.199. The molecule has 3 aromatic rings. The second kappa shape index (κ2) is 13.8. The molecule has 1 N–H and O–H groups in total. The fourth-order valence-corrected chi connectivity index (χ4v) is 5.26. The van der Waals surface area contributed by atoms with Crippen LogP contribution in [0.4, 0.5) is 0 Å².